The SMILES string of the molecule is CCCCCCCCC(CCCCCC)C(=O)OCCCCCOC(=O)CC(OC(=O)CCCCCOC(=O)C(CCCCCC)CCCCCCCC)C(=O)OCCN(C)C. The van der Waals surface area contributed by atoms with Crippen molar-refractivity contribution < 1.29 is 47.7 Å². The van der Waals surface area contributed by atoms with Crippen molar-refractivity contribution in [3.63, 3.8) is 0 Å². The van der Waals surface area contributed by atoms with Crippen LogP contribution < -0.4 is 0 Å². The van der Waals surface area contributed by atoms with E-state index in [4.69, 9.17) is 23.7 Å². The number of ether oxygens (including phenoxy) is 5. The third kappa shape index (κ3) is 36.8. The van der Waals surface area contributed by atoms with Crippen LogP contribution in [0.4, 0.5) is 0 Å². The number of hydrogen-bond donors (Lipinski definition) is 0. The molecule has 0 aliphatic rings. The average Bonchev–Trinajstić information content (AvgIpc) is 3.24. The van der Waals surface area contributed by atoms with Crippen LogP contribution >= 0.6 is 0 Å². The Morgan fingerprint density at radius 3 is 1.18 bits per heavy atom. The fourth-order valence-electron chi connectivity index (χ4n) is 7.46. The first-order valence-electron chi connectivity index (χ1n) is 25.6. The lowest BCUT2D eigenvalue weighted by Crippen LogP contribution is -2.33. The van der Waals surface area contributed by atoms with Gasteiger partial charge in [-0.05, 0) is 78.3 Å². The lowest BCUT2D eigenvalue weighted by Gasteiger charge is -2.18. The lowest BCUT2D eigenvalue weighted by atomic mass is 9.94. The van der Waals surface area contributed by atoms with Crippen LogP contribution in [0.2, 0.25) is 0 Å². The summed E-state index contributed by atoms with van der Waals surface area (Å²) in [5, 5.41) is 0. The van der Waals surface area contributed by atoms with Crippen molar-refractivity contribution in [1.82, 2.24) is 4.90 Å². The smallest absolute Gasteiger partial charge is 0.348 e. The molecule has 364 valence electrons. The molecule has 0 aromatic carbocycles. The van der Waals surface area contributed by atoms with E-state index in [-0.39, 0.29) is 43.4 Å². The van der Waals surface area contributed by atoms with Crippen molar-refractivity contribution in [1.29, 1.82) is 0 Å². The summed E-state index contributed by atoms with van der Waals surface area (Å²) in [5.41, 5.74) is 0. The maximum Gasteiger partial charge on any atom is 0.348 e. The highest BCUT2D eigenvalue weighted by Gasteiger charge is 2.28. The zero-order valence-electron chi connectivity index (χ0n) is 40.9. The molecule has 11 nitrogen and oxygen atoms in total. The summed E-state index contributed by atoms with van der Waals surface area (Å²) in [6, 6.07) is 0. The minimum absolute atomic E-state index is 0.0330. The van der Waals surface area contributed by atoms with Gasteiger partial charge in [0.1, 0.15) is 6.61 Å². The molecule has 3 atom stereocenters. The second kappa shape index (κ2) is 43.6. The number of carbonyl (C=O) groups excluding carboxylic acids is 5. The van der Waals surface area contributed by atoms with Crippen LogP contribution in [0.25, 0.3) is 0 Å². The van der Waals surface area contributed by atoms with Crippen molar-refractivity contribution in [2.24, 2.45) is 11.8 Å². The summed E-state index contributed by atoms with van der Waals surface area (Å²) < 4.78 is 27.6. The first-order valence-corrected chi connectivity index (χ1v) is 25.6. The summed E-state index contributed by atoms with van der Waals surface area (Å²) in [6.45, 7) is 10.2. The molecule has 0 amide bonds. The highest BCUT2D eigenvalue weighted by molar-refractivity contribution is 5.84. The van der Waals surface area contributed by atoms with E-state index in [1.54, 1.807) is 0 Å². The Labute approximate surface area is 379 Å². The van der Waals surface area contributed by atoms with Gasteiger partial charge in [-0.15, -0.1) is 0 Å². The normalized spacial score (nSPS) is 12.8. The molecule has 0 aliphatic carbocycles. The van der Waals surface area contributed by atoms with Crippen molar-refractivity contribution in [3.8, 4) is 0 Å². The molecule has 0 N–H and O–H groups in total. The molecule has 0 aromatic rings. The van der Waals surface area contributed by atoms with Crippen LogP contribution in [-0.2, 0) is 47.7 Å². The molecular formula is C51H95NO10. The van der Waals surface area contributed by atoms with Gasteiger partial charge in [-0.1, -0.05) is 156 Å². The fourth-order valence-corrected chi connectivity index (χ4v) is 7.46. The molecule has 0 spiro atoms. The van der Waals surface area contributed by atoms with Gasteiger partial charge in [0.05, 0.1) is 38.1 Å². The predicted octanol–water partition coefficient (Wildman–Crippen LogP) is 12.4. The van der Waals surface area contributed by atoms with Gasteiger partial charge < -0.3 is 28.6 Å². The number of rotatable bonds is 45. The van der Waals surface area contributed by atoms with Gasteiger partial charge >= 0.3 is 29.8 Å². The number of carbonyl (C=O) groups is 5. The second-order valence-electron chi connectivity index (χ2n) is 17.8. The Balaban J connectivity index is 4.73. The highest BCUT2D eigenvalue weighted by Crippen LogP contribution is 2.22. The van der Waals surface area contributed by atoms with Crippen LogP contribution in [0.15, 0.2) is 0 Å². The molecule has 0 radical (unpaired) electrons. The van der Waals surface area contributed by atoms with E-state index in [0.717, 1.165) is 77.0 Å². The van der Waals surface area contributed by atoms with Gasteiger partial charge in [0.15, 0.2) is 0 Å². The molecule has 11 heteroatoms. The van der Waals surface area contributed by atoms with Gasteiger partial charge in [-0.2, -0.15) is 0 Å². The monoisotopic (exact) mass is 882 g/mol. The fraction of sp³-hybridized carbons (Fsp3) is 0.902. The topological polar surface area (TPSA) is 135 Å². The summed E-state index contributed by atoms with van der Waals surface area (Å²) in [6.07, 6.45) is 29.0. The Kier molecular flexibility index (Phi) is 41.7. The van der Waals surface area contributed by atoms with Gasteiger partial charge in [0, 0.05) is 13.0 Å². The van der Waals surface area contributed by atoms with Gasteiger partial charge in [0.2, 0.25) is 6.10 Å². The molecule has 0 rings (SSSR count). The maximum absolute atomic E-state index is 13.0. The lowest BCUT2D eigenvalue weighted by molar-refractivity contribution is -0.172. The van der Waals surface area contributed by atoms with E-state index in [1.807, 2.05) is 19.0 Å². The van der Waals surface area contributed by atoms with E-state index in [9.17, 15) is 24.0 Å². The summed E-state index contributed by atoms with van der Waals surface area (Å²) in [7, 11) is 3.70. The zero-order valence-corrected chi connectivity index (χ0v) is 40.9. The molecule has 0 bridgehead atoms. The standard InChI is InChI=1S/C51H95NO10/c1-7-11-15-19-21-27-35-44(33-25-17-13-9-3)49(55)59-40-30-23-29-37-47(53)62-46(51(57)61-42-38-52(5)6)43-48(54)58-39-31-24-32-41-60-50(56)45(34-26-18-14-10-4)36-28-22-20-16-12-8-2/h44-46H,7-43H2,1-6H3. The number of nitrogens with zero attached hydrogens (tertiary/aromatic N) is 1. The highest BCUT2D eigenvalue weighted by atomic mass is 16.6. The number of likely N-dealkylation sites (N-methyl/N-ethyl adjacent to an activating group) is 1. The zero-order chi connectivity index (χ0) is 45.9. The van der Waals surface area contributed by atoms with Crippen molar-refractivity contribution in [2.45, 2.75) is 239 Å². The van der Waals surface area contributed by atoms with Crippen molar-refractivity contribution in [2.75, 3.05) is 47.1 Å². The van der Waals surface area contributed by atoms with Gasteiger partial charge in [-0.25, -0.2) is 4.79 Å². The molecule has 0 heterocycles. The molecule has 0 fully saturated rings. The van der Waals surface area contributed by atoms with Gasteiger partial charge in [-0.3, -0.25) is 19.2 Å². The quantitative estimate of drug-likeness (QED) is 0.0328. The van der Waals surface area contributed by atoms with Crippen LogP contribution in [0.5, 0.6) is 0 Å². The minimum Gasteiger partial charge on any atom is -0.466 e. The number of unbranched alkanes of at least 4 members (excludes halogenated alkanes) is 20. The molecule has 62 heavy (non-hydrogen) atoms. The van der Waals surface area contributed by atoms with Crippen LogP contribution in [0, 0.1) is 11.8 Å². The molecule has 3 unspecified atom stereocenters. The van der Waals surface area contributed by atoms with E-state index in [2.05, 4.69) is 27.7 Å². The van der Waals surface area contributed by atoms with E-state index < -0.39 is 30.4 Å². The van der Waals surface area contributed by atoms with Crippen LogP contribution in [0.1, 0.15) is 233 Å². The Bertz CT molecular complexity index is 1100. The van der Waals surface area contributed by atoms with Crippen molar-refractivity contribution in [3.05, 3.63) is 0 Å². The van der Waals surface area contributed by atoms with Gasteiger partial charge in [0.25, 0.3) is 0 Å². The van der Waals surface area contributed by atoms with E-state index in [0.29, 0.717) is 58.3 Å². The summed E-state index contributed by atoms with van der Waals surface area (Å²) in [4.78, 5) is 66.2. The summed E-state index contributed by atoms with van der Waals surface area (Å²) in [5.74, 6) is -2.30. The molecule has 0 saturated heterocycles. The molecule has 0 aliphatic heterocycles. The number of hydrogen-bond acceptors (Lipinski definition) is 11. The minimum atomic E-state index is -1.40. The molecule has 0 aromatic heterocycles. The Hall–Kier alpha value is -2.69. The first kappa shape index (κ1) is 59.3. The first-order chi connectivity index (χ1) is 30.1. The average molecular weight is 882 g/mol. The Morgan fingerprint density at radius 2 is 0.742 bits per heavy atom. The predicted molar refractivity (Wildman–Crippen MR) is 250 cm³/mol. The van der Waals surface area contributed by atoms with E-state index in [1.165, 1.54) is 77.0 Å². The largest absolute Gasteiger partial charge is 0.466 e. The van der Waals surface area contributed by atoms with Crippen molar-refractivity contribution >= 4 is 29.8 Å². The summed E-state index contributed by atoms with van der Waals surface area (Å²) >= 11 is 0. The van der Waals surface area contributed by atoms with Crippen LogP contribution in [0.3, 0.4) is 0 Å². The second-order valence-corrected chi connectivity index (χ2v) is 17.8. The Morgan fingerprint density at radius 1 is 0.387 bits per heavy atom. The van der Waals surface area contributed by atoms with Crippen LogP contribution in [-0.4, -0.2) is 87.9 Å². The molecule has 0 saturated carbocycles. The number of esters is 5. The molecular weight excluding hydrogens is 787 g/mol. The van der Waals surface area contributed by atoms with E-state index >= 15 is 0 Å². The third-order valence-electron chi connectivity index (χ3n) is 11.5. The maximum atomic E-state index is 13.0. The third-order valence-corrected chi connectivity index (χ3v) is 11.5.